The summed E-state index contributed by atoms with van der Waals surface area (Å²) in [6, 6.07) is 20.4. The summed E-state index contributed by atoms with van der Waals surface area (Å²) in [6.07, 6.45) is 3.50. The topological polar surface area (TPSA) is 79.5 Å². The molecule has 0 unspecified atom stereocenters. The molecule has 4 heterocycles. The summed E-state index contributed by atoms with van der Waals surface area (Å²) in [5.41, 5.74) is 7.56. The fourth-order valence-electron chi connectivity index (χ4n) is 4.14. The van der Waals surface area contributed by atoms with Crippen LogP contribution in [0.5, 0.6) is 5.75 Å². The highest BCUT2D eigenvalue weighted by molar-refractivity contribution is 6.00. The van der Waals surface area contributed by atoms with Gasteiger partial charge in [0.1, 0.15) is 22.8 Å². The van der Waals surface area contributed by atoms with Gasteiger partial charge in [0.25, 0.3) is 0 Å². The molecule has 0 saturated heterocycles. The number of hydrogen-bond donors (Lipinski definition) is 2. The Morgan fingerprint density at radius 3 is 2.61 bits per heavy atom. The van der Waals surface area contributed by atoms with E-state index in [-0.39, 0.29) is 5.82 Å². The number of aromatic nitrogens is 5. The molecule has 160 valence electrons. The number of fused-ring (bicyclic) bond motifs is 2. The number of hydrogen-bond acceptors (Lipinski definition) is 4. The summed E-state index contributed by atoms with van der Waals surface area (Å²) in [5.74, 6) is 0.132. The van der Waals surface area contributed by atoms with Crippen LogP contribution in [0.15, 0.2) is 79.1 Å². The predicted molar refractivity (Wildman–Crippen MR) is 126 cm³/mol. The Labute approximate surface area is 188 Å². The Bertz CT molecular complexity index is 1620. The molecular formula is C26H18FN5O. The Balaban J connectivity index is 1.50. The van der Waals surface area contributed by atoms with Crippen molar-refractivity contribution in [2.75, 3.05) is 7.11 Å². The van der Waals surface area contributed by atoms with E-state index in [1.807, 2.05) is 54.6 Å². The van der Waals surface area contributed by atoms with E-state index in [1.165, 1.54) is 19.2 Å². The first-order chi connectivity index (χ1) is 16.2. The van der Waals surface area contributed by atoms with E-state index in [4.69, 9.17) is 9.72 Å². The molecule has 7 heteroatoms. The largest absolute Gasteiger partial charge is 0.497 e. The molecule has 0 aliphatic heterocycles. The van der Waals surface area contributed by atoms with E-state index in [9.17, 15) is 4.39 Å². The lowest BCUT2D eigenvalue weighted by Crippen LogP contribution is -1.87. The summed E-state index contributed by atoms with van der Waals surface area (Å²) in [5, 5.41) is 8.56. The molecule has 6 aromatic rings. The SMILES string of the molecule is COc1cc(F)cc(-c2cccc3[nH]c(-c4n[nH]c5ccc(-c6ccncc6)nc45)cc23)c1. The van der Waals surface area contributed by atoms with Gasteiger partial charge in [0, 0.05) is 34.9 Å². The molecule has 2 N–H and O–H groups in total. The third kappa shape index (κ3) is 3.30. The van der Waals surface area contributed by atoms with Gasteiger partial charge in [-0.25, -0.2) is 9.37 Å². The average molecular weight is 435 g/mol. The van der Waals surface area contributed by atoms with Crippen molar-refractivity contribution in [3.8, 4) is 39.5 Å². The van der Waals surface area contributed by atoms with Crippen molar-refractivity contribution in [3.05, 3.63) is 84.9 Å². The van der Waals surface area contributed by atoms with Crippen LogP contribution in [0, 0.1) is 5.82 Å². The third-order valence-electron chi connectivity index (χ3n) is 5.72. The maximum atomic E-state index is 14.2. The molecule has 4 aromatic heterocycles. The first kappa shape index (κ1) is 19.2. The minimum Gasteiger partial charge on any atom is -0.497 e. The van der Waals surface area contributed by atoms with Gasteiger partial charge in [-0.3, -0.25) is 10.1 Å². The molecule has 0 radical (unpaired) electrons. The van der Waals surface area contributed by atoms with Crippen LogP contribution in [0.1, 0.15) is 0 Å². The van der Waals surface area contributed by atoms with Gasteiger partial charge in [-0.1, -0.05) is 12.1 Å². The van der Waals surface area contributed by atoms with Crippen LogP contribution in [0.25, 0.3) is 55.7 Å². The zero-order valence-electron chi connectivity index (χ0n) is 17.6. The summed E-state index contributed by atoms with van der Waals surface area (Å²) in [7, 11) is 1.53. The molecule has 6 nitrogen and oxygen atoms in total. The van der Waals surface area contributed by atoms with Crippen LogP contribution in [0.4, 0.5) is 4.39 Å². The number of methoxy groups -OCH3 is 1. The second kappa shape index (κ2) is 7.56. The average Bonchev–Trinajstić information content (AvgIpc) is 3.47. The third-order valence-corrected chi connectivity index (χ3v) is 5.72. The van der Waals surface area contributed by atoms with Crippen LogP contribution in [0.2, 0.25) is 0 Å². The zero-order valence-corrected chi connectivity index (χ0v) is 17.6. The van der Waals surface area contributed by atoms with Crippen molar-refractivity contribution in [1.29, 1.82) is 0 Å². The molecular weight excluding hydrogens is 417 g/mol. The smallest absolute Gasteiger partial charge is 0.135 e. The molecule has 2 aromatic carbocycles. The van der Waals surface area contributed by atoms with Crippen molar-refractivity contribution in [3.63, 3.8) is 0 Å². The molecule has 0 aliphatic carbocycles. The molecule has 0 bridgehead atoms. The first-order valence-electron chi connectivity index (χ1n) is 10.4. The Kier molecular flexibility index (Phi) is 4.40. The highest BCUT2D eigenvalue weighted by Gasteiger charge is 2.16. The fraction of sp³-hybridized carbons (Fsp3) is 0.0385. The lowest BCUT2D eigenvalue weighted by molar-refractivity contribution is 0.411. The first-order valence-corrected chi connectivity index (χ1v) is 10.4. The maximum absolute atomic E-state index is 14.2. The number of nitrogens with one attached hydrogen (secondary N) is 2. The van der Waals surface area contributed by atoms with E-state index in [1.54, 1.807) is 12.4 Å². The molecule has 0 fully saturated rings. The number of nitrogens with zero attached hydrogens (tertiary/aromatic N) is 3. The Hall–Kier alpha value is -4.52. The van der Waals surface area contributed by atoms with Crippen molar-refractivity contribution in [1.82, 2.24) is 25.1 Å². The van der Waals surface area contributed by atoms with E-state index >= 15 is 0 Å². The summed E-state index contributed by atoms with van der Waals surface area (Å²) in [4.78, 5) is 12.4. The number of benzene rings is 2. The second-order valence-corrected chi connectivity index (χ2v) is 7.73. The zero-order chi connectivity index (χ0) is 22.4. The number of rotatable bonds is 4. The molecule has 0 saturated carbocycles. The summed E-state index contributed by atoms with van der Waals surface area (Å²) in [6.45, 7) is 0. The minimum absolute atomic E-state index is 0.344. The lowest BCUT2D eigenvalue weighted by atomic mass is 10.0. The number of H-pyrrole nitrogens is 2. The standard InChI is InChI=1S/C26H18FN5O/c1-33-18-12-16(11-17(27)13-18)19-3-2-4-22-20(19)14-24(29-22)26-25-23(31-32-26)6-5-21(30-25)15-7-9-28-10-8-15/h2-14,29H,1H3,(H,31,32). The Morgan fingerprint density at radius 1 is 0.879 bits per heavy atom. The molecule has 0 amide bonds. The van der Waals surface area contributed by atoms with E-state index in [2.05, 4.69) is 20.2 Å². The summed E-state index contributed by atoms with van der Waals surface area (Å²) >= 11 is 0. The minimum atomic E-state index is -0.344. The van der Waals surface area contributed by atoms with Gasteiger partial charge in [-0.05, 0) is 59.7 Å². The Morgan fingerprint density at radius 2 is 1.76 bits per heavy atom. The number of halogens is 1. The van der Waals surface area contributed by atoms with Gasteiger partial charge >= 0.3 is 0 Å². The van der Waals surface area contributed by atoms with Gasteiger partial charge in [-0.2, -0.15) is 5.10 Å². The van der Waals surface area contributed by atoms with Gasteiger partial charge in [-0.15, -0.1) is 0 Å². The maximum Gasteiger partial charge on any atom is 0.135 e. The van der Waals surface area contributed by atoms with Crippen LogP contribution < -0.4 is 4.74 Å². The molecule has 0 atom stereocenters. The van der Waals surface area contributed by atoms with Crippen LogP contribution in [-0.4, -0.2) is 32.3 Å². The molecule has 0 spiro atoms. The van der Waals surface area contributed by atoms with Crippen LogP contribution in [-0.2, 0) is 0 Å². The van der Waals surface area contributed by atoms with Crippen molar-refractivity contribution < 1.29 is 9.13 Å². The molecule has 33 heavy (non-hydrogen) atoms. The molecule has 6 rings (SSSR count). The van der Waals surface area contributed by atoms with Gasteiger partial charge < -0.3 is 9.72 Å². The number of pyridine rings is 2. The predicted octanol–water partition coefficient (Wildman–Crippen LogP) is 5.98. The number of aromatic amines is 2. The lowest BCUT2D eigenvalue weighted by Gasteiger charge is -2.07. The fourth-order valence-corrected chi connectivity index (χ4v) is 4.14. The molecule has 0 aliphatic rings. The van der Waals surface area contributed by atoms with Crippen molar-refractivity contribution in [2.24, 2.45) is 0 Å². The van der Waals surface area contributed by atoms with E-state index in [0.717, 1.165) is 55.7 Å². The van der Waals surface area contributed by atoms with E-state index < -0.39 is 0 Å². The highest BCUT2D eigenvalue weighted by atomic mass is 19.1. The number of ether oxygens (including phenoxy) is 1. The quantitative estimate of drug-likeness (QED) is 0.357. The van der Waals surface area contributed by atoms with Gasteiger partial charge in [0.15, 0.2) is 0 Å². The van der Waals surface area contributed by atoms with Gasteiger partial charge in [0.05, 0.1) is 24.0 Å². The summed E-state index contributed by atoms with van der Waals surface area (Å²) < 4.78 is 19.4. The van der Waals surface area contributed by atoms with Crippen molar-refractivity contribution in [2.45, 2.75) is 0 Å². The van der Waals surface area contributed by atoms with E-state index in [0.29, 0.717) is 5.75 Å². The second-order valence-electron chi connectivity index (χ2n) is 7.73. The highest BCUT2D eigenvalue weighted by Crippen LogP contribution is 2.35. The van der Waals surface area contributed by atoms with Gasteiger partial charge in [0.2, 0.25) is 0 Å². The normalized spacial score (nSPS) is 11.3. The van der Waals surface area contributed by atoms with Crippen LogP contribution in [0.3, 0.4) is 0 Å². The monoisotopic (exact) mass is 435 g/mol. The van der Waals surface area contributed by atoms with Crippen molar-refractivity contribution >= 4 is 21.9 Å². The van der Waals surface area contributed by atoms with Crippen LogP contribution >= 0.6 is 0 Å².